The second kappa shape index (κ2) is 21.0. The molecule has 0 aromatic heterocycles. The number of carbonyl (C=O) groups excluding carboxylic acids is 2. The van der Waals surface area contributed by atoms with E-state index in [0.717, 1.165) is 59.9 Å². The fourth-order valence-corrected chi connectivity index (χ4v) is 6.09. The predicted molar refractivity (Wildman–Crippen MR) is 219 cm³/mol. The fourth-order valence-electron chi connectivity index (χ4n) is 5.07. The van der Waals surface area contributed by atoms with Crippen molar-refractivity contribution in [3.63, 3.8) is 0 Å². The Morgan fingerprint density at radius 3 is 1.12 bits per heavy atom. The Kier molecular flexibility index (Phi) is 16.8. The van der Waals surface area contributed by atoms with Crippen molar-refractivity contribution in [2.45, 2.75) is 9.79 Å². The number of non-ortho nitro benzene ring substituents is 2. The molecule has 318 valence electrons. The summed E-state index contributed by atoms with van der Waals surface area (Å²) in [6, 6.07) is 34.4. The molecule has 0 heterocycles. The average molecular weight is 867 g/mol. The van der Waals surface area contributed by atoms with Gasteiger partial charge in [-0.3, -0.25) is 29.2 Å². The van der Waals surface area contributed by atoms with Crippen LogP contribution in [-0.2, 0) is 29.7 Å². The highest BCUT2D eigenvalue weighted by atomic mass is 32.2. The molecule has 0 radical (unpaired) electrons. The highest BCUT2D eigenvalue weighted by molar-refractivity contribution is 7.86. The number of likely N-dealkylation sites (N-methyl/N-ethyl adjacent to an activating group) is 2. The van der Waals surface area contributed by atoms with Gasteiger partial charge in [0.2, 0.25) is 0 Å². The van der Waals surface area contributed by atoms with Crippen molar-refractivity contribution < 1.29 is 54.9 Å². The van der Waals surface area contributed by atoms with Crippen LogP contribution in [0.15, 0.2) is 143 Å². The second-order valence-electron chi connectivity index (χ2n) is 13.8. The van der Waals surface area contributed by atoms with E-state index in [1.54, 1.807) is 24.3 Å². The summed E-state index contributed by atoms with van der Waals surface area (Å²) in [7, 11) is -0.860. The maximum atomic E-state index is 12.2. The first-order valence-corrected chi connectivity index (χ1v) is 20.5. The Bertz CT molecular complexity index is 2310. The Hall–Kier alpha value is -6.42. The molecule has 0 amide bonds. The van der Waals surface area contributed by atoms with Crippen LogP contribution in [0.2, 0.25) is 0 Å². The van der Waals surface area contributed by atoms with Gasteiger partial charge in [-0.2, -0.15) is 0 Å². The van der Waals surface area contributed by atoms with E-state index in [1.165, 1.54) is 0 Å². The molecule has 0 N–H and O–H groups in total. The third-order valence-electron chi connectivity index (χ3n) is 8.67. The van der Waals surface area contributed by atoms with E-state index in [1.807, 2.05) is 36.4 Å². The summed E-state index contributed by atoms with van der Waals surface area (Å²) >= 11 is 0. The van der Waals surface area contributed by atoms with Crippen molar-refractivity contribution >= 4 is 54.9 Å². The highest BCUT2D eigenvalue weighted by Gasteiger charge is 2.24. The molecule has 5 aromatic carbocycles. The van der Waals surface area contributed by atoms with Crippen molar-refractivity contribution in [1.82, 2.24) is 8.97 Å². The number of nitrogens with zero attached hydrogens (tertiary/aromatic N) is 4. The lowest BCUT2D eigenvalue weighted by Crippen LogP contribution is -2.44. The molecule has 0 fully saturated rings. The summed E-state index contributed by atoms with van der Waals surface area (Å²) in [5.41, 5.74) is 2.53. The van der Waals surface area contributed by atoms with Crippen LogP contribution in [0.3, 0.4) is 0 Å². The molecule has 0 spiro atoms. The number of esters is 2. The van der Waals surface area contributed by atoms with Crippen molar-refractivity contribution in [3.05, 3.63) is 165 Å². The summed E-state index contributed by atoms with van der Waals surface area (Å²) in [6.07, 6.45) is 0. The van der Waals surface area contributed by atoms with Gasteiger partial charge < -0.3 is 18.6 Å². The summed E-state index contributed by atoms with van der Waals surface area (Å²) < 4.78 is 74.7. The Morgan fingerprint density at radius 1 is 0.517 bits per heavy atom. The van der Waals surface area contributed by atoms with Gasteiger partial charge >= 0.3 is 11.9 Å². The topological polar surface area (TPSA) is 253 Å². The second-order valence-corrected chi connectivity index (χ2v) is 16.5. The van der Waals surface area contributed by atoms with Gasteiger partial charge in [-0.1, -0.05) is 48.5 Å². The number of carbonyl (C=O) groups is 2. The van der Waals surface area contributed by atoms with E-state index in [2.05, 4.69) is 52.5 Å². The van der Waals surface area contributed by atoms with Crippen LogP contribution in [0.25, 0.3) is 0 Å². The largest absolute Gasteiger partial charge is 0.744 e. The molecule has 0 aliphatic heterocycles. The van der Waals surface area contributed by atoms with Crippen molar-refractivity contribution in [2.24, 2.45) is 0 Å². The lowest BCUT2D eigenvalue weighted by atomic mass is 10.2. The Labute approximate surface area is 346 Å². The van der Waals surface area contributed by atoms with Crippen LogP contribution in [0.5, 0.6) is 0 Å². The van der Waals surface area contributed by atoms with E-state index in [9.17, 15) is 55.8 Å². The standard InChI is InChI=1S/C28H34N2O4.2C6H5NO5S/c1-29(2,19-21-33-27(31)23-11-7-5-8-12-23)25-15-17-26(18-16-25)30(3,4)20-22-34-28(32)24-13-9-6-10-14-24;2*8-7(9)5-2-1-3-6(4-5)13(10,11)12/h5-18H,19-22H2,1-4H3;2*1-4H,(H,10,11,12)/q+2;;/p-2. The van der Waals surface area contributed by atoms with Crippen LogP contribution >= 0.6 is 0 Å². The number of quaternary nitrogens is 2. The molecule has 0 aliphatic rings. The monoisotopic (exact) mass is 866 g/mol. The van der Waals surface area contributed by atoms with E-state index in [-0.39, 0.29) is 11.9 Å². The summed E-state index contributed by atoms with van der Waals surface area (Å²) in [5, 5.41) is 20.4. The number of ether oxygens (including phenoxy) is 2. The molecule has 20 heteroatoms. The van der Waals surface area contributed by atoms with Gasteiger partial charge in [-0.15, -0.1) is 0 Å². The molecular weight excluding hydrogens is 825 g/mol. The SMILES string of the molecule is C[N+](C)(CCOC(=O)c1ccccc1)c1ccc([N+](C)(C)CCOC(=O)c2ccccc2)cc1.O=[N+]([O-])c1cccc(S(=O)(=O)[O-])c1.O=[N+]([O-])c1cccc(S(=O)(=O)[O-])c1. The van der Waals surface area contributed by atoms with E-state index in [4.69, 9.17) is 9.47 Å². The minimum atomic E-state index is -4.61. The number of hydrogen-bond acceptors (Lipinski definition) is 14. The molecule has 18 nitrogen and oxygen atoms in total. The first-order chi connectivity index (χ1) is 28.0. The van der Waals surface area contributed by atoms with Crippen molar-refractivity contribution in [3.8, 4) is 0 Å². The molecule has 0 aliphatic carbocycles. The third-order valence-corrected chi connectivity index (χ3v) is 10.3. The maximum Gasteiger partial charge on any atom is 0.338 e. The van der Waals surface area contributed by atoms with Gasteiger partial charge in [0.1, 0.15) is 57.9 Å². The number of rotatable bonds is 14. The quantitative estimate of drug-likeness (QED) is 0.0437. The van der Waals surface area contributed by atoms with Crippen LogP contribution in [0.1, 0.15) is 20.7 Å². The molecule has 60 heavy (non-hydrogen) atoms. The number of benzene rings is 5. The number of nitro benzene ring substituents is 2. The van der Waals surface area contributed by atoms with Gasteiger partial charge in [0.25, 0.3) is 11.4 Å². The van der Waals surface area contributed by atoms with Gasteiger partial charge in [-0.25, -0.2) is 26.4 Å². The zero-order chi connectivity index (χ0) is 44.7. The summed E-state index contributed by atoms with van der Waals surface area (Å²) in [6.45, 7) is 1.98. The zero-order valence-corrected chi connectivity index (χ0v) is 34.5. The third kappa shape index (κ3) is 15.1. The van der Waals surface area contributed by atoms with Crippen LogP contribution in [0.4, 0.5) is 22.7 Å². The van der Waals surface area contributed by atoms with Crippen LogP contribution in [0, 0.1) is 20.2 Å². The summed E-state index contributed by atoms with van der Waals surface area (Å²) in [4.78, 5) is 42.0. The van der Waals surface area contributed by atoms with Gasteiger partial charge in [0.05, 0.1) is 59.0 Å². The zero-order valence-electron chi connectivity index (χ0n) is 32.9. The maximum absolute atomic E-state index is 12.2. The highest BCUT2D eigenvalue weighted by Crippen LogP contribution is 2.26. The van der Waals surface area contributed by atoms with Crippen LogP contribution < -0.4 is 8.97 Å². The van der Waals surface area contributed by atoms with Gasteiger partial charge in [-0.05, 0) is 36.4 Å². The van der Waals surface area contributed by atoms with Gasteiger partial charge in [0, 0.05) is 48.5 Å². The molecule has 0 bridgehead atoms. The minimum Gasteiger partial charge on any atom is -0.744 e. The minimum absolute atomic E-state index is 0.303. The van der Waals surface area contributed by atoms with E-state index < -0.39 is 51.2 Å². The molecule has 0 unspecified atom stereocenters. The molecule has 0 saturated heterocycles. The average Bonchev–Trinajstić information content (AvgIpc) is 3.21. The Morgan fingerprint density at radius 2 is 0.833 bits per heavy atom. The number of hydrogen-bond donors (Lipinski definition) is 0. The lowest BCUT2D eigenvalue weighted by Gasteiger charge is -2.31. The fraction of sp³-hybridized carbons (Fsp3) is 0.200. The van der Waals surface area contributed by atoms with E-state index in [0.29, 0.717) is 46.4 Å². The predicted octanol–water partition coefficient (Wildman–Crippen LogP) is 5.53. The number of nitro groups is 2. The molecular formula is C40H42N4O14S2. The van der Waals surface area contributed by atoms with Crippen LogP contribution in [-0.4, -0.2) is 102 Å². The van der Waals surface area contributed by atoms with Gasteiger partial charge in [0.15, 0.2) is 0 Å². The molecule has 5 aromatic rings. The first kappa shape index (κ1) is 48.0. The smallest absolute Gasteiger partial charge is 0.338 e. The summed E-state index contributed by atoms with van der Waals surface area (Å²) in [5.74, 6) is -0.606. The molecule has 0 saturated carbocycles. The van der Waals surface area contributed by atoms with Crippen molar-refractivity contribution in [1.29, 1.82) is 0 Å². The normalized spacial score (nSPS) is 11.4. The first-order valence-electron chi connectivity index (χ1n) is 17.6. The molecule has 0 atom stereocenters. The van der Waals surface area contributed by atoms with Crippen molar-refractivity contribution in [2.75, 3.05) is 54.5 Å². The molecule has 5 rings (SSSR count). The van der Waals surface area contributed by atoms with E-state index >= 15 is 0 Å². The lowest BCUT2D eigenvalue weighted by molar-refractivity contribution is -0.385. The Balaban J connectivity index is 0.000000300.